The van der Waals surface area contributed by atoms with E-state index in [0.717, 1.165) is 37.2 Å². The largest absolute Gasteiger partial charge is 0.338 e. The molecule has 2 aromatic heterocycles. The predicted molar refractivity (Wildman–Crippen MR) is 88.9 cm³/mol. The van der Waals surface area contributed by atoms with Crippen LogP contribution >= 0.6 is 0 Å². The highest BCUT2D eigenvalue weighted by atomic mass is 16.5. The van der Waals surface area contributed by atoms with Crippen LogP contribution in [0.5, 0.6) is 0 Å². The number of aryl methyl sites for hydroxylation is 2. The van der Waals surface area contributed by atoms with Gasteiger partial charge in [0.05, 0.1) is 11.9 Å². The molecule has 2 N–H and O–H groups in total. The number of carbonyl (C=O) groups excluding carboxylic acids is 1. The van der Waals surface area contributed by atoms with Crippen LogP contribution in [-0.2, 0) is 13.0 Å². The number of anilines is 1. The minimum absolute atomic E-state index is 0.280. The highest BCUT2D eigenvalue weighted by molar-refractivity contribution is 6.02. The summed E-state index contributed by atoms with van der Waals surface area (Å²) in [5, 5.41) is 18.1. The van der Waals surface area contributed by atoms with Crippen molar-refractivity contribution < 1.29 is 9.32 Å². The van der Waals surface area contributed by atoms with Crippen LogP contribution < -0.4 is 10.6 Å². The molecule has 1 aliphatic heterocycles. The lowest BCUT2D eigenvalue weighted by Crippen LogP contribution is -2.34. The van der Waals surface area contributed by atoms with Gasteiger partial charge in [-0.2, -0.15) is 0 Å². The molecule has 0 saturated carbocycles. The summed E-state index contributed by atoms with van der Waals surface area (Å²) in [6.45, 7) is 5.68. The standard InChI is InChI=1S/C16H24N6O2/c1-3-13-11(2)20-24-16(13)18-15(23)14-10-22(21-19-14)9-7-12-6-4-5-8-17-12/h10,12,17H,3-9H2,1-2H3,(H,18,23). The molecule has 0 aromatic carbocycles. The van der Waals surface area contributed by atoms with E-state index in [2.05, 4.69) is 26.1 Å². The third-order valence-electron chi connectivity index (χ3n) is 4.46. The van der Waals surface area contributed by atoms with Crippen molar-refractivity contribution in [2.24, 2.45) is 0 Å². The summed E-state index contributed by atoms with van der Waals surface area (Å²) < 4.78 is 6.89. The van der Waals surface area contributed by atoms with Gasteiger partial charge in [-0.15, -0.1) is 5.10 Å². The summed E-state index contributed by atoms with van der Waals surface area (Å²) in [6, 6.07) is 0.532. The van der Waals surface area contributed by atoms with Gasteiger partial charge in [0, 0.05) is 18.2 Å². The molecule has 0 radical (unpaired) electrons. The van der Waals surface area contributed by atoms with Crippen LogP contribution in [0.1, 0.15) is 54.4 Å². The quantitative estimate of drug-likeness (QED) is 0.839. The molecule has 0 bridgehead atoms. The van der Waals surface area contributed by atoms with Crippen LogP contribution in [0.4, 0.5) is 5.88 Å². The maximum Gasteiger partial charge on any atom is 0.280 e. The predicted octanol–water partition coefficient (Wildman–Crippen LogP) is 1.92. The molecule has 130 valence electrons. The minimum Gasteiger partial charge on any atom is -0.338 e. The molecule has 8 heteroatoms. The Kier molecular flexibility index (Phi) is 5.24. The fourth-order valence-corrected chi connectivity index (χ4v) is 3.04. The van der Waals surface area contributed by atoms with Crippen LogP contribution in [-0.4, -0.2) is 38.6 Å². The van der Waals surface area contributed by atoms with E-state index in [1.54, 1.807) is 10.9 Å². The molecule has 1 unspecified atom stereocenters. The second-order valence-electron chi connectivity index (χ2n) is 6.19. The first-order chi connectivity index (χ1) is 11.7. The summed E-state index contributed by atoms with van der Waals surface area (Å²) >= 11 is 0. The minimum atomic E-state index is -0.331. The molecule has 0 spiro atoms. The average Bonchev–Trinajstić information content (AvgIpc) is 3.21. The van der Waals surface area contributed by atoms with Crippen molar-refractivity contribution in [2.45, 2.75) is 58.5 Å². The number of hydrogen-bond acceptors (Lipinski definition) is 6. The fourth-order valence-electron chi connectivity index (χ4n) is 3.04. The number of aromatic nitrogens is 4. The Bertz CT molecular complexity index is 687. The Morgan fingerprint density at radius 1 is 1.50 bits per heavy atom. The Balaban J connectivity index is 1.57. The van der Waals surface area contributed by atoms with Gasteiger partial charge < -0.3 is 9.84 Å². The molecular formula is C16H24N6O2. The molecule has 1 saturated heterocycles. The van der Waals surface area contributed by atoms with Crippen LogP contribution in [0.25, 0.3) is 0 Å². The van der Waals surface area contributed by atoms with E-state index < -0.39 is 0 Å². The van der Waals surface area contributed by atoms with Crippen molar-refractivity contribution in [3.05, 3.63) is 23.1 Å². The lowest BCUT2D eigenvalue weighted by atomic mass is 10.0. The summed E-state index contributed by atoms with van der Waals surface area (Å²) in [7, 11) is 0. The summed E-state index contributed by atoms with van der Waals surface area (Å²) in [5.41, 5.74) is 1.97. The van der Waals surface area contributed by atoms with E-state index in [4.69, 9.17) is 4.52 Å². The molecule has 8 nitrogen and oxygen atoms in total. The lowest BCUT2D eigenvalue weighted by molar-refractivity contribution is 0.101. The summed E-state index contributed by atoms with van der Waals surface area (Å²) in [5.74, 6) is 0.0591. The van der Waals surface area contributed by atoms with Gasteiger partial charge in [0.1, 0.15) is 0 Å². The van der Waals surface area contributed by atoms with Gasteiger partial charge in [-0.05, 0) is 39.2 Å². The first kappa shape index (κ1) is 16.6. The van der Waals surface area contributed by atoms with Gasteiger partial charge in [-0.1, -0.05) is 23.7 Å². The van der Waals surface area contributed by atoms with E-state index in [0.29, 0.717) is 11.9 Å². The smallest absolute Gasteiger partial charge is 0.280 e. The summed E-state index contributed by atoms with van der Waals surface area (Å²) in [4.78, 5) is 12.3. The highest BCUT2D eigenvalue weighted by Gasteiger charge is 2.18. The number of hydrogen-bond donors (Lipinski definition) is 2. The molecule has 1 atom stereocenters. The third kappa shape index (κ3) is 3.81. The van der Waals surface area contributed by atoms with Crippen molar-refractivity contribution in [1.29, 1.82) is 0 Å². The number of amides is 1. The number of nitrogens with one attached hydrogen (secondary N) is 2. The van der Waals surface area contributed by atoms with E-state index in [1.807, 2.05) is 13.8 Å². The van der Waals surface area contributed by atoms with Gasteiger partial charge in [-0.3, -0.25) is 14.8 Å². The lowest BCUT2D eigenvalue weighted by Gasteiger charge is -2.23. The topological polar surface area (TPSA) is 97.9 Å². The Hall–Kier alpha value is -2.22. The Morgan fingerprint density at radius 3 is 3.12 bits per heavy atom. The normalized spacial score (nSPS) is 17.8. The van der Waals surface area contributed by atoms with Gasteiger partial charge in [-0.25, -0.2) is 0 Å². The first-order valence-corrected chi connectivity index (χ1v) is 8.57. The Morgan fingerprint density at radius 2 is 2.38 bits per heavy atom. The molecule has 0 aliphatic carbocycles. The molecule has 1 aliphatic rings. The Labute approximate surface area is 141 Å². The van der Waals surface area contributed by atoms with Gasteiger partial charge in [0.15, 0.2) is 5.69 Å². The van der Waals surface area contributed by atoms with Gasteiger partial charge in [0.2, 0.25) is 5.88 Å². The molecule has 3 rings (SSSR count). The van der Waals surface area contributed by atoms with E-state index >= 15 is 0 Å². The maximum absolute atomic E-state index is 12.3. The second kappa shape index (κ2) is 7.57. The van der Waals surface area contributed by atoms with Crippen molar-refractivity contribution in [2.75, 3.05) is 11.9 Å². The molecule has 24 heavy (non-hydrogen) atoms. The van der Waals surface area contributed by atoms with Crippen LogP contribution in [0.15, 0.2) is 10.7 Å². The van der Waals surface area contributed by atoms with Crippen molar-refractivity contribution in [3.63, 3.8) is 0 Å². The number of piperidine rings is 1. The number of nitrogens with zero attached hydrogens (tertiary/aromatic N) is 4. The number of carbonyl (C=O) groups is 1. The van der Waals surface area contributed by atoms with Crippen LogP contribution in [0.3, 0.4) is 0 Å². The van der Waals surface area contributed by atoms with E-state index in [1.165, 1.54) is 19.3 Å². The van der Waals surface area contributed by atoms with Gasteiger partial charge >= 0.3 is 0 Å². The fraction of sp³-hybridized carbons (Fsp3) is 0.625. The molecule has 3 heterocycles. The van der Waals surface area contributed by atoms with Crippen LogP contribution in [0, 0.1) is 6.92 Å². The highest BCUT2D eigenvalue weighted by Crippen LogP contribution is 2.20. The monoisotopic (exact) mass is 332 g/mol. The average molecular weight is 332 g/mol. The van der Waals surface area contributed by atoms with Crippen molar-refractivity contribution in [3.8, 4) is 0 Å². The van der Waals surface area contributed by atoms with Crippen LogP contribution in [0.2, 0.25) is 0 Å². The summed E-state index contributed by atoms with van der Waals surface area (Å²) in [6.07, 6.45) is 7.14. The molecule has 1 amide bonds. The molecular weight excluding hydrogens is 308 g/mol. The first-order valence-electron chi connectivity index (χ1n) is 8.57. The zero-order valence-corrected chi connectivity index (χ0v) is 14.2. The molecule has 1 fully saturated rings. The number of rotatable bonds is 6. The van der Waals surface area contributed by atoms with Crippen molar-refractivity contribution >= 4 is 11.8 Å². The maximum atomic E-state index is 12.3. The van der Waals surface area contributed by atoms with Gasteiger partial charge in [0.25, 0.3) is 5.91 Å². The second-order valence-corrected chi connectivity index (χ2v) is 6.19. The molecule has 2 aromatic rings. The zero-order valence-electron chi connectivity index (χ0n) is 14.2. The van der Waals surface area contributed by atoms with Crippen molar-refractivity contribution in [1.82, 2.24) is 25.5 Å². The SMILES string of the molecule is CCc1c(C)noc1NC(=O)c1cn(CCC2CCCCN2)nn1. The zero-order chi connectivity index (χ0) is 16.9. The van der Waals surface area contributed by atoms with E-state index in [9.17, 15) is 4.79 Å². The van der Waals surface area contributed by atoms with E-state index in [-0.39, 0.29) is 11.6 Å². The third-order valence-corrected chi connectivity index (χ3v) is 4.46.